The topological polar surface area (TPSA) is 72.3 Å². The number of hydrogen-bond acceptors (Lipinski definition) is 5. The number of ether oxygens (including phenoxy) is 1. The molecule has 7 heteroatoms. The van der Waals surface area contributed by atoms with Crippen molar-refractivity contribution in [3.8, 4) is 11.3 Å². The van der Waals surface area contributed by atoms with E-state index in [2.05, 4.69) is 48.2 Å². The zero-order valence-electron chi connectivity index (χ0n) is 19.8. The van der Waals surface area contributed by atoms with Crippen molar-refractivity contribution in [3.05, 3.63) is 71.9 Å². The second-order valence-corrected chi connectivity index (χ2v) is 8.89. The van der Waals surface area contributed by atoms with Crippen molar-refractivity contribution in [2.45, 2.75) is 26.8 Å². The minimum atomic E-state index is -0.176. The average Bonchev–Trinajstić information content (AvgIpc) is 3.29. The number of hydrogen-bond donors (Lipinski definition) is 1. The van der Waals surface area contributed by atoms with E-state index in [1.807, 2.05) is 47.1 Å². The number of morpholine rings is 1. The molecule has 1 aliphatic rings. The van der Waals surface area contributed by atoms with Crippen LogP contribution in [0.5, 0.6) is 0 Å². The molecular formula is C27H29N5O2. The highest BCUT2D eigenvalue weighted by molar-refractivity contribution is 6.12. The van der Waals surface area contributed by atoms with Gasteiger partial charge in [0.1, 0.15) is 0 Å². The highest BCUT2D eigenvalue weighted by atomic mass is 16.5. The number of amides is 1. The Morgan fingerprint density at radius 2 is 1.85 bits per heavy atom. The maximum Gasteiger partial charge on any atom is 0.256 e. The summed E-state index contributed by atoms with van der Waals surface area (Å²) in [6, 6.07) is 18.0. The van der Waals surface area contributed by atoms with Gasteiger partial charge in [-0.25, -0.2) is 9.67 Å². The third kappa shape index (κ3) is 4.26. The molecule has 1 fully saturated rings. The van der Waals surface area contributed by atoms with Crippen LogP contribution in [0.4, 0.5) is 11.4 Å². The molecule has 0 spiro atoms. The highest BCUT2D eigenvalue weighted by Crippen LogP contribution is 2.29. The van der Waals surface area contributed by atoms with Crippen LogP contribution in [0.15, 0.2) is 60.8 Å². The molecular weight excluding hydrogens is 426 g/mol. The summed E-state index contributed by atoms with van der Waals surface area (Å²) in [6.07, 6.45) is 1.74. The molecule has 34 heavy (non-hydrogen) atoms. The standard InChI is InChI=1S/C27H29N5O2/c1-18(2)32-26-24(17-28-32)23(16-25(30-26)22-10-5-4-7-19(22)3)27(33)29-20-8-6-9-21(15-20)31-11-13-34-14-12-31/h4-10,15-18H,11-14H2,1-3H3,(H,29,33). The van der Waals surface area contributed by atoms with Gasteiger partial charge in [0.2, 0.25) is 0 Å². The Bertz CT molecular complexity index is 1340. The Kier molecular flexibility index (Phi) is 6.02. The first-order chi connectivity index (χ1) is 16.5. The first-order valence-electron chi connectivity index (χ1n) is 11.7. The third-order valence-corrected chi connectivity index (χ3v) is 6.20. The van der Waals surface area contributed by atoms with Gasteiger partial charge >= 0.3 is 0 Å². The number of carbonyl (C=O) groups is 1. The summed E-state index contributed by atoms with van der Waals surface area (Å²) in [7, 11) is 0. The number of benzene rings is 2. The Labute approximate surface area is 199 Å². The number of pyridine rings is 1. The van der Waals surface area contributed by atoms with Crippen LogP contribution < -0.4 is 10.2 Å². The fourth-order valence-electron chi connectivity index (χ4n) is 4.38. The summed E-state index contributed by atoms with van der Waals surface area (Å²) in [5, 5.41) is 8.38. The van der Waals surface area contributed by atoms with Crippen LogP contribution in [-0.2, 0) is 4.74 Å². The molecule has 0 saturated carbocycles. The van der Waals surface area contributed by atoms with E-state index >= 15 is 0 Å². The van der Waals surface area contributed by atoms with Gasteiger partial charge in [0, 0.05) is 36.1 Å². The lowest BCUT2D eigenvalue weighted by atomic mass is 10.0. The molecule has 7 nitrogen and oxygen atoms in total. The fraction of sp³-hybridized carbons (Fsp3) is 0.296. The van der Waals surface area contributed by atoms with Gasteiger partial charge in [0.15, 0.2) is 5.65 Å². The lowest BCUT2D eigenvalue weighted by Gasteiger charge is -2.29. The lowest BCUT2D eigenvalue weighted by molar-refractivity contribution is 0.102. The summed E-state index contributed by atoms with van der Waals surface area (Å²) < 4.78 is 7.33. The molecule has 4 aromatic rings. The van der Waals surface area contributed by atoms with Gasteiger partial charge in [-0.2, -0.15) is 5.10 Å². The Morgan fingerprint density at radius 3 is 2.62 bits per heavy atom. The summed E-state index contributed by atoms with van der Waals surface area (Å²) in [5.41, 5.74) is 5.98. The maximum absolute atomic E-state index is 13.6. The van der Waals surface area contributed by atoms with Gasteiger partial charge in [-0.1, -0.05) is 30.3 Å². The van der Waals surface area contributed by atoms with Gasteiger partial charge in [0.05, 0.1) is 36.1 Å². The van der Waals surface area contributed by atoms with Gasteiger partial charge < -0.3 is 15.0 Å². The normalized spacial score (nSPS) is 14.1. The number of anilines is 2. The van der Waals surface area contributed by atoms with Crippen molar-refractivity contribution in [1.29, 1.82) is 0 Å². The number of nitrogens with one attached hydrogen (secondary N) is 1. The molecule has 0 bridgehead atoms. The quantitative estimate of drug-likeness (QED) is 0.455. The molecule has 1 saturated heterocycles. The van der Waals surface area contributed by atoms with E-state index in [4.69, 9.17) is 9.72 Å². The van der Waals surface area contributed by atoms with Crippen molar-refractivity contribution in [3.63, 3.8) is 0 Å². The molecule has 2 aromatic carbocycles. The van der Waals surface area contributed by atoms with Crippen LogP contribution in [0.1, 0.15) is 35.8 Å². The van der Waals surface area contributed by atoms with E-state index in [0.717, 1.165) is 46.7 Å². The minimum Gasteiger partial charge on any atom is -0.378 e. The van der Waals surface area contributed by atoms with Crippen molar-refractivity contribution in [1.82, 2.24) is 14.8 Å². The molecule has 3 heterocycles. The van der Waals surface area contributed by atoms with Gasteiger partial charge in [-0.15, -0.1) is 0 Å². The molecule has 1 aliphatic heterocycles. The first-order valence-corrected chi connectivity index (χ1v) is 11.7. The zero-order chi connectivity index (χ0) is 23.7. The zero-order valence-corrected chi connectivity index (χ0v) is 19.8. The number of carbonyl (C=O) groups excluding carboxylic acids is 1. The van der Waals surface area contributed by atoms with Gasteiger partial charge in [-0.05, 0) is 50.6 Å². The third-order valence-electron chi connectivity index (χ3n) is 6.20. The number of nitrogens with zero attached hydrogens (tertiary/aromatic N) is 4. The van der Waals surface area contributed by atoms with Crippen molar-refractivity contribution in [2.24, 2.45) is 0 Å². The summed E-state index contributed by atoms with van der Waals surface area (Å²) in [6.45, 7) is 9.29. The van der Waals surface area contributed by atoms with E-state index in [1.165, 1.54) is 0 Å². The van der Waals surface area contributed by atoms with Crippen LogP contribution >= 0.6 is 0 Å². The van der Waals surface area contributed by atoms with E-state index < -0.39 is 0 Å². The highest BCUT2D eigenvalue weighted by Gasteiger charge is 2.20. The summed E-state index contributed by atoms with van der Waals surface area (Å²) >= 11 is 0. The number of aryl methyl sites for hydroxylation is 1. The molecule has 0 radical (unpaired) electrons. The Hall–Kier alpha value is -3.71. The first kappa shape index (κ1) is 22.1. The predicted octanol–water partition coefficient (Wildman–Crippen LogP) is 5.08. The molecule has 0 unspecified atom stereocenters. The van der Waals surface area contributed by atoms with Crippen LogP contribution in [0.3, 0.4) is 0 Å². The minimum absolute atomic E-state index is 0.123. The summed E-state index contributed by atoms with van der Waals surface area (Å²) in [5.74, 6) is -0.176. The predicted molar refractivity (Wildman–Crippen MR) is 136 cm³/mol. The van der Waals surface area contributed by atoms with Gasteiger partial charge in [0.25, 0.3) is 5.91 Å². The van der Waals surface area contributed by atoms with Crippen LogP contribution in [0.25, 0.3) is 22.3 Å². The maximum atomic E-state index is 13.6. The van der Waals surface area contributed by atoms with Gasteiger partial charge in [-0.3, -0.25) is 4.79 Å². The molecule has 2 aromatic heterocycles. The molecule has 1 amide bonds. The summed E-state index contributed by atoms with van der Waals surface area (Å²) in [4.78, 5) is 20.7. The number of fused-ring (bicyclic) bond motifs is 1. The van der Waals surface area contributed by atoms with Crippen molar-refractivity contribution in [2.75, 3.05) is 36.5 Å². The van der Waals surface area contributed by atoms with E-state index in [9.17, 15) is 4.79 Å². The largest absolute Gasteiger partial charge is 0.378 e. The molecule has 174 valence electrons. The molecule has 1 N–H and O–H groups in total. The molecule has 0 aliphatic carbocycles. The lowest BCUT2D eigenvalue weighted by Crippen LogP contribution is -2.36. The Balaban J connectivity index is 1.54. The van der Waals surface area contributed by atoms with Crippen LogP contribution in [0, 0.1) is 6.92 Å². The molecule has 0 atom stereocenters. The number of rotatable bonds is 5. The Morgan fingerprint density at radius 1 is 1.06 bits per heavy atom. The van der Waals surface area contributed by atoms with Crippen LogP contribution in [0.2, 0.25) is 0 Å². The van der Waals surface area contributed by atoms with Crippen molar-refractivity contribution < 1.29 is 9.53 Å². The second kappa shape index (κ2) is 9.27. The number of aromatic nitrogens is 3. The average molecular weight is 456 g/mol. The SMILES string of the molecule is Cc1ccccc1-c1cc(C(=O)Nc2cccc(N3CCOCC3)c2)c2cnn(C(C)C)c2n1. The molecule has 5 rings (SSSR count). The van der Waals surface area contributed by atoms with E-state index in [1.54, 1.807) is 6.20 Å². The van der Waals surface area contributed by atoms with Crippen LogP contribution in [-0.4, -0.2) is 47.0 Å². The van der Waals surface area contributed by atoms with E-state index in [0.29, 0.717) is 24.4 Å². The van der Waals surface area contributed by atoms with Crippen molar-refractivity contribution >= 4 is 28.3 Å². The second-order valence-electron chi connectivity index (χ2n) is 8.89. The fourth-order valence-corrected chi connectivity index (χ4v) is 4.38. The monoisotopic (exact) mass is 455 g/mol. The smallest absolute Gasteiger partial charge is 0.256 e. The van der Waals surface area contributed by atoms with E-state index in [-0.39, 0.29) is 11.9 Å².